The third-order valence-electron chi connectivity index (χ3n) is 3.15. The highest BCUT2D eigenvalue weighted by Gasteiger charge is 2.06. The van der Waals surface area contributed by atoms with Crippen molar-refractivity contribution in [2.24, 2.45) is 0 Å². The zero-order chi connectivity index (χ0) is 13.4. The molecule has 0 fully saturated rings. The van der Waals surface area contributed by atoms with Gasteiger partial charge in [-0.1, -0.05) is 48.5 Å². The van der Waals surface area contributed by atoms with E-state index in [1.165, 1.54) is 6.07 Å². The lowest BCUT2D eigenvalue weighted by molar-refractivity contribution is 0.478. The summed E-state index contributed by atoms with van der Waals surface area (Å²) in [5, 5.41) is 11.6. The second kappa shape index (κ2) is 4.21. The largest absolute Gasteiger partial charge is 0.504 e. The quantitative estimate of drug-likeness (QED) is 0.666. The fourth-order valence-corrected chi connectivity index (χ4v) is 2.20. The van der Waals surface area contributed by atoms with E-state index in [0.717, 1.165) is 0 Å². The summed E-state index contributed by atoms with van der Waals surface area (Å²) in [7, 11) is 0. The standard InChI is InChI=1S/C16H10O3/c17-14-9-10-5-1-2-6-11(10)15(18)16(19)13-8-4-3-7-12(13)14/h1-9,18H. The predicted octanol–water partition coefficient (Wildman–Crippen LogP) is 2.42. The highest BCUT2D eigenvalue weighted by Crippen LogP contribution is 2.19. The average molecular weight is 250 g/mol. The molecule has 3 aromatic carbocycles. The Morgan fingerprint density at radius 1 is 0.737 bits per heavy atom. The van der Waals surface area contributed by atoms with E-state index < -0.39 is 5.43 Å². The van der Waals surface area contributed by atoms with Crippen LogP contribution in [0.15, 0.2) is 64.2 Å². The Bertz CT molecular complexity index is 914. The molecule has 3 rings (SSSR count). The Balaban J connectivity index is 2.75. The van der Waals surface area contributed by atoms with Gasteiger partial charge in [0.1, 0.15) is 0 Å². The van der Waals surface area contributed by atoms with Crippen LogP contribution >= 0.6 is 0 Å². The van der Waals surface area contributed by atoms with Gasteiger partial charge in [-0.15, -0.1) is 0 Å². The van der Waals surface area contributed by atoms with E-state index in [9.17, 15) is 14.7 Å². The van der Waals surface area contributed by atoms with E-state index in [2.05, 4.69) is 0 Å². The van der Waals surface area contributed by atoms with Gasteiger partial charge in [0.25, 0.3) is 0 Å². The molecule has 0 aliphatic heterocycles. The van der Waals surface area contributed by atoms with Gasteiger partial charge in [-0.05, 0) is 11.5 Å². The van der Waals surface area contributed by atoms with Gasteiger partial charge in [0.2, 0.25) is 5.43 Å². The highest BCUT2D eigenvalue weighted by atomic mass is 16.3. The van der Waals surface area contributed by atoms with Crippen molar-refractivity contribution in [3.63, 3.8) is 0 Å². The highest BCUT2D eigenvalue weighted by molar-refractivity contribution is 5.92. The summed E-state index contributed by atoms with van der Waals surface area (Å²) in [4.78, 5) is 24.4. The van der Waals surface area contributed by atoms with Crippen LogP contribution in [0, 0.1) is 0 Å². The molecule has 0 unspecified atom stereocenters. The van der Waals surface area contributed by atoms with Crippen LogP contribution in [0.25, 0.3) is 21.5 Å². The van der Waals surface area contributed by atoms with Crippen LogP contribution in [-0.2, 0) is 0 Å². The molecule has 19 heavy (non-hydrogen) atoms. The number of benzene rings is 2. The van der Waals surface area contributed by atoms with Gasteiger partial charge in [-0.3, -0.25) is 9.59 Å². The van der Waals surface area contributed by atoms with E-state index in [4.69, 9.17) is 0 Å². The van der Waals surface area contributed by atoms with Gasteiger partial charge in [-0.2, -0.15) is 0 Å². The molecule has 0 aromatic heterocycles. The van der Waals surface area contributed by atoms with Gasteiger partial charge in [-0.25, -0.2) is 0 Å². The molecule has 0 aliphatic rings. The molecule has 0 aliphatic carbocycles. The number of hydrogen-bond donors (Lipinski definition) is 1. The molecule has 3 nitrogen and oxygen atoms in total. The molecule has 0 amide bonds. The SMILES string of the molecule is O=c1cc2ccccc2c(O)c(=O)c2ccccc12. The lowest BCUT2D eigenvalue weighted by Gasteiger charge is -1.99. The molecular formula is C16H10O3. The van der Waals surface area contributed by atoms with Crippen LogP contribution < -0.4 is 10.9 Å². The normalized spacial score (nSPS) is 10.7. The number of rotatable bonds is 0. The topological polar surface area (TPSA) is 54.4 Å². The van der Waals surface area contributed by atoms with Gasteiger partial charge in [0.15, 0.2) is 11.2 Å². The Labute approximate surface area is 108 Å². The lowest BCUT2D eigenvalue weighted by Crippen LogP contribution is -2.05. The minimum Gasteiger partial charge on any atom is -0.504 e. The smallest absolute Gasteiger partial charge is 0.228 e. The second-order valence-corrected chi connectivity index (χ2v) is 4.32. The van der Waals surface area contributed by atoms with Crippen molar-refractivity contribution in [2.75, 3.05) is 0 Å². The van der Waals surface area contributed by atoms with Crippen LogP contribution in [0.4, 0.5) is 0 Å². The molecule has 1 N–H and O–H groups in total. The van der Waals surface area contributed by atoms with Crippen molar-refractivity contribution in [1.29, 1.82) is 0 Å². The van der Waals surface area contributed by atoms with Crippen LogP contribution in [-0.4, -0.2) is 5.11 Å². The molecule has 0 atom stereocenters. The predicted molar refractivity (Wildman–Crippen MR) is 75.7 cm³/mol. The molecule has 0 radical (unpaired) electrons. The fraction of sp³-hybridized carbons (Fsp3) is 0. The maximum atomic E-state index is 12.2. The van der Waals surface area contributed by atoms with E-state index in [-0.39, 0.29) is 16.6 Å². The van der Waals surface area contributed by atoms with Crippen LogP contribution in [0.3, 0.4) is 0 Å². The molecule has 92 valence electrons. The van der Waals surface area contributed by atoms with Gasteiger partial charge >= 0.3 is 0 Å². The zero-order valence-corrected chi connectivity index (χ0v) is 9.96. The molecule has 0 spiro atoms. The summed E-state index contributed by atoms with van der Waals surface area (Å²) in [5.74, 6) is -0.327. The van der Waals surface area contributed by atoms with Crippen molar-refractivity contribution in [3.05, 3.63) is 75.0 Å². The maximum absolute atomic E-state index is 12.2. The lowest BCUT2D eigenvalue weighted by atomic mass is 10.1. The van der Waals surface area contributed by atoms with E-state index in [1.54, 1.807) is 48.5 Å². The molecule has 3 aromatic rings. The Morgan fingerprint density at radius 3 is 2.05 bits per heavy atom. The third kappa shape index (κ3) is 1.76. The first-order chi connectivity index (χ1) is 9.18. The van der Waals surface area contributed by atoms with Crippen LogP contribution in [0.2, 0.25) is 0 Å². The molecule has 3 heteroatoms. The van der Waals surface area contributed by atoms with Crippen molar-refractivity contribution in [3.8, 4) is 5.75 Å². The second-order valence-electron chi connectivity index (χ2n) is 4.32. The zero-order valence-electron chi connectivity index (χ0n) is 9.96. The third-order valence-corrected chi connectivity index (χ3v) is 3.15. The van der Waals surface area contributed by atoms with Crippen LogP contribution in [0.1, 0.15) is 0 Å². The van der Waals surface area contributed by atoms with Crippen molar-refractivity contribution < 1.29 is 5.11 Å². The van der Waals surface area contributed by atoms with Crippen molar-refractivity contribution in [1.82, 2.24) is 0 Å². The van der Waals surface area contributed by atoms with E-state index in [1.807, 2.05) is 0 Å². The Morgan fingerprint density at radius 2 is 1.32 bits per heavy atom. The first-order valence-corrected chi connectivity index (χ1v) is 5.86. The van der Waals surface area contributed by atoms with E-state index in [0.29, 0.717) is 16.2 Å². The molecule has 0 saturated carbocycles. The summed E-state index contributed by atoms with van der Waals surface area (Å²) in [6.45, 7) is 0. The Kier molecular flexibility index (Phi) is 2.53. The average Bonchev–Trinajstić information content (AvgIpc) is 2.45. The first kappa shape index (κ1) is 11.4. The summed E-state index contributed by atoms with van der Waals surface area (Å²) in [6.07, 6.45) is 0. The van der Waals surface area contributed by atoms with Gasteiger partial charge < -0.3 is 5.11 Å². The van der Waals surface area contributed by atoms with E-state index >= 15 is 0 Å². The molecule has 0 heterocycles. The van der Waals surface area contributed by atoms with Crippen molar-refractivity contribution >= 4 is 21.5 Å². The fourth-order valence-electron chi connectivity index (χ4n) is 2.20. The van der Waals surface area contributed by atoms with Crippen molar-refractivity contribution in [2.45, 2.75) is 0 Å². The monoisotopic (exact) mass is 250 g/mol. The summed E-state index contributed by atoms with van der Waals surface area (Å²) in [6, 6.07) is 14.7. The Hall–Kier alpha value is -2.68. The maximum Gasteiger partial charge on any atom is 0.228 e. The minimum atomic E-state index is -0.524. The van der Waals surface area contributed by atoms with Crippen LogP contribution in [0.5, 0.6) is 5.75 Å². The summed E-state index contributed by atoms with van der Waals surface area (Å²) >= 11 is 0. The minimum absolute atomic E-state index is 0.232. The number of fused-ring (bicyclic) bond motifs is 2. The summed E-state index contributed by atoms with van der Waals surface area (Å²) in [5.41, 5.74) is -0.756. The molecule has 0 bridgehead atoms. The number of hydrogen-bond acceptors (Lipinski definition) is 3. The summed E-state index contributed by atoms with van der Waals surface area (Å²) < 4.78 is 0. The first-order valence-electron chi connectivity index (χ1n) is 5.86. The molecule has 0 saturated heterocycles. The van der Waals surface area contributed by atoms with Gasteiger partial charge in [0.05, 0.1) is 0 Å². The molecular weight excluding hydrogens is 240 g/mol. The number of aromatic hydroxyl groups is 1. The van der Waals surface area contributed by atoms with Gasteiger partial charge in [0, 0.05) is 16.2 Å².